The summed E-state index contributed by atoms with van der Waals surface area (Å²) in [5.41, 5.74) is 0.554. The number of amides is 1. The Balaban J connectivity index is 2.23. The summed E-state index contributed by atoms with van der Waals surface area (Å²) < 4.78 is 16.2. The highest BCUT2D eigenvalue weighted by Gasteiger charge is 2.34. The first kappa shape index (κ1) is 22.5. The van der Waals surface area contributed by atoms with Crippen molar-refractivity contribution >= 4 is 5.91 Å². The number of carbonyl (C=O) groups excluding carboxylic acids is 1. The van der Waals surface area contributed by atoms with Crippen LogP contribution in [0.2, 0.25) is 0 Å². The van der Waals surface area contributed by atoms with Crippen LogP contribution in [0.5, 0.6) is 11.5 Å². The van der Waals surface area contributed by atoms with E-state index in [-0.39, 0.29) is 30.5 Å². The Kier molecular flexibility index (Phi) is 9.02. The van der Waals surface area contributed by atoms with Gasteiger partial charge < -0.3 is 29.5 Å². The Labute approximate surface area is 168 Å². The van der Waals surface area contributed by atoms with E-state index in [0.29, 0.717) is 36.8 Å². The van der Waals surface area contributed by atoms with Crippen molar-refractivity contribution in [1.29, 1.82) is 0 Å². The summed E-state index contributed by atoms with van der Waals surface area (Å²) in [5.74, 6) is 1.16. The van der Waals surface area contributed by atoms with Gasteiger partial charge in [0, 0.05) is 56.9 Å². The molecule has 1 fully saturated rings. The van der Waals surface area contributed by atoms with Crippen molar-refractivity contribution in [2.75, 3.05) is 47.1 Å². The van der Waals surface area contributed by atoms with Crippen molar-refractivity contribution in [1.82, 2.24) is 10.2 Å². The van der Waals surface area contributed by atoms with Gasteiger partial charge in [0.25, 0.3) is 5.91 Å². The van der Waals surface area contributed by atoms with E-state index in [1.807, 2.05) is 18.7 Å². The van der Waals surface area contributed by atoms with E-state index in [2.05, 4.69) is 5.32 Å². The second-order valence-electron chi connectivity index (χ2n) is 7.37. The Hall–Kier alpha value is -1.83. The van der Waals surface area contributed by atoms with Crippen LogP contribution in [-0.2, 0) is 4.74 Å². The number of benzene rings is 1. The van der Waals surface area contributed by atoms with E-state index in [0.717, 1.165) is 19.4 Å². The van der Waals surface area contributed by atoms with Crippen LogP contribution in [0.15, 0.2) is 18.2 Å². The van der Waals surface area contributed by atoms with E-state index in [4.69, 9.17) is 14.2 Å². The lowest BCUT2D eigenvalue weighted by Crippen LogP contribution is -2.56. The van der Waals surface area contributed by atoms with E-state index in [9.17, 15) is 9.90 Å². The first-order valence-corrected chi connectivity index (χ1v) is 9.97. The highest BCUT2D eigenvalue weighted by atomic mass is 16.5. The number of hydrogen-bond acceptors (Lipinski definition) is 6. The summed E-state index contributed by atoms with van der Waals surface area (Å²) in [4.78, 5) is 15.3. The Morgan fingerprint density at radius 2 is 2.07 bits per heavy atom. The van der Waals surface area contributed by atoms with Crippen molar-refractivity contribution in [3.8, 4) is 11.5 Å². The highest BCUT2D eigenvalue weighted by molar-refractivity contribution is 5.95. The molecule has 0 saturated carbocycles. The molecule has 2 rings (SSSR count). The predicted octanol–water partition coefficient (Wildman–Crippen LogP) is 1.93. The van der Waals surface area contributed by atoms with Crippen LogP contribution in [-0.4, -0.2) is 75.1 Å². The average molecular weight is 395 g/mol. The van der Waals surface area contributed by atoms with Gasteiger partial charge in [-0.15, -0.1) is 0 Å². The number of nitrogens with zero attached hydrogens (tertiary/aromatic N) is 1. The summed E-state index contributed by atoms with van der Waals surface area (Å²) in [6.45, 7) is 6.74. The summed E-state index contributed by atoms with van der Waals surface area (Å²) in [6.07, 6.45) is 1.61. The first-order chi connectivity index (χ1) is 13.5. The number of rotatable bonds is 10. The van der Waals surface area contributed by atoms with Crippen LogP contribution in [0.1, 0.15) is 37.0 Å². The van der Waals surface area contributed by atoms with Gasteiger partial charge in [0.15, 0.2) is 11.5 Å². The molecule has 158 valence electrons. The average Bonchev–Trinajstić information content (AvgIpc) is 2.71. The zero-order valence-corrected chi connectivity index (χ0v) is 17.4. The Bertz CT molecular complexity index is 623. The predicted molar refractivity (Wildman–Crippen MR) is 108 cm³/mol. The SMILES string of the molecule is COCCCOc1cc(C(=O)N(C(C)C)C2CNCCC2CO)ccc1OC. The fourth-order valence-corrected chi connectivity index (χ4v) is 3.66. The third kappa shape index (κ3) is 5.59. The van der Waals surface area contributed by atoms with Crippen LogP contribution in [0, 0.1) is 5.92 Å². The monoisotopic (exact) mass is 394 g/mol. The molecule has 7 nitrogen and oxygen atoms in total. The lowest BCUT2D eigenvalue weighted by atomic mass is 9.90. The van der Waals surface area contributed by atoms with Gasteiger partial charge in [0.1, 0.15) is 0 Å². The minimum absolute atomic E-state index is 0.0135. The van der Waals surface area contributed by atoms with E-state index in [1.54, 1.807) is 32.4 Å². The fraction of sp³-hybridized carbons (Fsp3) is 0.667. The van der Waals surface area contributed by atoms with Crippen molar-refractivity contribution < 1.29 is 24.1 Å². The van der Waals surface area contributed by atoms with Crippen LogP contribution >= 0.6 is 0 Å². The second-order valence-corrected chi connectivity index (χ2v) is 7.37. The molecule has 0 bridgehead atoms. The van der Waals surface area contributed by atoms with Gasteiger partial charge in [-0.25, -0.2) is 0 Å². The zero-order chi connectivity index (χ0) is 20.5. The molecule has 2 unspecified atom stereocenters. The van der Waals surface area contributed by atoms with Gasteiger partial charge in [0.05, 0.1) is 13.7 Å². The van der Waals surface area contributed by atoms with Gasteiger partial charge >= 0.3 is 0 Å². The number of nitrogens with one attached hydrogen (secondary N) is 1. The first-order valence-electron chi connectivity index (χ1n) is 9.97. The fourth-order valence-electron chi connectivity index (χ4n) is 3.66. The third-order valence-electron chi connectivity index (χ3n) is 5.13. The maximum Gasteiger partial charge on any atom is 0.254 e. The maximum atomic E-state index is 13.4. The number of carbonyl (C=O) groups is 1. The molecule has 1 amide bonds. The lowest BCUT2D eigenvalue weighted by Gasteiger charge is -2.42. The van der Waals surface area contributed by atoms with Crippen molar-refractivity contribution in [3.63, 3.8) is 0 Å². The molecule has 0 aliphatic carbocycles. The van der Waals surface area contributed by atoms with Crippen LogP contribution in [0.25, 0.3) is 0 Å². The molecule has 0 spiro atoms. The third-order valence-corrected chi connectivity index (χ3v) is 5.13. The van der Waals surface area contributed by atoms with Gasteiger partial charge in [-0.3, -0.25) is 4.79 Å². The summed E-state index contributed by atoms with van der Waals surface area (Å²) >= 11 is 0. The molecular weight excluding hydrogens is 360 g/mol. The molecule has 1 saturated heterocycles. The molecule has 1 aliphatic rings. The number of ether oxygens (including phenoxy) is 3. The number of aliphatic hydroxyl groups excluding tert-OH is 1. The van der Waals surface area contributed by atoms with Gasteiger partial charge in [-0.1, -0.05) is 0 Å². The lowest BCUT2D eigenvalue weighted by molar-refractivity contribution is 0.0368. The number of piperidine rings is 1. The second kappa shape index (κ2) is 11.2. The Morgan fingerprint density at radius 1 is 1.29 bits per heavy atom. The van der Waals surface area contributed by atoms with E-state index in [1.165, 1.54) is 0 Å². The summed E-state index contributed by atoms with van der Waals surface area (Å²) in [6, 6.07) is 5.25. The minimum atomic E-state index is -0.0634. The largest absolute Gasteiger partial charge is 0.493 e. The van der Waals surface area contributed by atoms with Crippen molar-refractivity contribution in [3.05, 3.63) is 23.8 Å². The zero-order valence-electron chi connectivity index (χ0n) is 17.4. The molecule has 0 radical (unpaired) electrons. The standard InChI is InChI=1S/C21H34N2O5/c1-15(2)23(18-13-22-9-8-17(18)14-24)21(25)16-6-7-19(27-4)20(12-16)28-11-5-10-26-3/h6-7,12,15,17-18,22,24H,5,8-11,13-14H2,1-4H3. The van der Waals surface area contributed by atoms with Gasteiger partial charge in [-0.05, 0) is 45.0 Å². The number of aliphatic hydroxyl groups is 1. The minimum Gasteiger partial charge on any atom is -0.493 e. The maximum absolute atomic E-state index is 13.4. The molecule has 1 aromatic carbocycles. The van der Waals surface area contributed by atoms with E-state index >= 15 is 0 Å². The quantitative estimate of drug-likeness (QED) is 0.591. The molecule has 2 N–H and O–H groups in total. The molecule has 1 heterocycles. The van der Waals surface area contributed by atoms with Crippen LogP contribution in [0.3, 0.4) is 0 Å². The molecule has 0 aromatic heterocycles. The molecule has 1 aliphatic heterocycles. The molecule has 28 heavy (non-hydrogen) atoms. The van der Waals surface area contributed by atoms with Crippen LogP contribution in [0.4, 0.5) is 0 Å². The van der Waals surface area contributed by atoms with Crippen molar-refractivity contribution in [2.24, 2.45) is 5.92 Å². The number of hydrogen-bond donors (Lipinski definition) is 2. The normalized spacial score (nSPS) is 19.5. The molecule has 2 atom stereocenters. The number of methoxy groups -OCH3 is 2. The van der Waals surface area contributed by atoms with Gasteiger partial charge in [-0.2, -0.15) is 0 Å². The van der Waals surface area contributed by atoms with Crippen LogP contribution < -0.4 is 14.8 Å². The molecule has 1 aromatic rings. The Morgan fingerprint density at radius 3 is 2.71 bits per heavy atom. The smallest absolute Gasteiger partial charge is 0.254 e. The van der Waals surface area contributed by atoms with Crippen molar-refractivity contribution in [2.45, 2.75) is 38.8 Å². The topological polar surface area (TPSA) is 80.3 Å². The molecular formula is C21H34N2O5. The van der Waals surface area contributed by atoms with Gasteiger partial charge in [0.2, 0.25) is 0 Å². The molecule has 7 heteroatoms. The highest BCUT2D eigenvalue weighted by Crippen LogP contribution is 2.30. The summed E-state index contributed by atoms with van der Waals surface area (Å²) in [5, 5.41) is 13.1. The summed E-state index contributed by atoms with van der Waals surface area (Å²) in [7, 11) is 3.24. The van der Waals surface area contributed by atoms with E-state index < -0.39 is 0 Å².